The van der Waals surface area contributed by atoms with Crippen molar-refractivity contribution in [1.82, 2.24) is 0 Å². The van der Waals surface area contributed by atoms with Crippen LogP contribution in [0.1, 0.15) is 12.5 Å². The Hall–Kier alpha value is -2.61. The van der Waals surface area contributed by atoms with E-state index in [0.717, 1.165) is 6.07 Å². The summed E-state index contributed by atoms with van der Waals surface area (Å²) in [7, 11) is -3.94. The van der Waals surface area contributed by atoms with Gasteiger partial charge >= 0.3 is 0 Å². The minimum absolute atomic E-state index is 0.0663. The van der Waals surface area contributed by atoms with Gasteiger partial charge in [0.25, 0.3) is 15.9 Å². The molecule has 0 unspecified atom stereocenters. The molecule has 0 saturated heterocycles. The summed E-state index contributed by atoms with van der Waals surface area (Å²) in [6.45, 7) is 3.26. The number of aryl methyl sites for hydroxylation is 1. The lowest BCUT2D eigenvalue weighted by molar-refractivity contribution is -0.122. The average molecular weight is 350 g/mol. The molecule has 8 heteroatoms. The van der Waals surface area contributed by atoms with Gasteiger partial charge < -0.3 is 10.1 Å². The molecule has 2 aromatic rings. The van der Waals surface area contributed by atoms with Crippen molar-refractivity contribution in [2.24, 2.45) is 0 Å². The number of sulfonamides is 1. The Morgan fingerprint density at radius 3 is 2.71 bits per heavy atom. The highest BCUT2D eigenvalue weighted by Crippen LogP contribution is 2.32. The van der Waals surface area contributed by atoms with E-state index in [1.165, 1.54) is 30.3 Å². The fraction of sp³-hybridized carbons (Fsp3) is 0.188. The number of fused-ring (bicyclic) bond motifs is 1. The largest absolute Gasteiger partial charge is 0.479 e. The summed E-state index contributed by atoms with van der Waals surface area (Å²) < 4.78 is 46.1. The number of rotatable bonds is 3. The van der Waals surface area contributed by atoms with Gasteiger partial charge in [0.15, 0.2) is 6.10 Å². The number of hydrogen-bond acceptors (Lipinski definition) is 4. The number of ether oxygens (including phenoxy) is 1. The lowest BCUT2D eigenvalue weighted by Crippen LogP contribution is -2.34. The number of nitrogens with one attached hydrogen (secondary N) is 2. The molecule has 3 rings (SSSR count). The van der Waals surface area contributed by atoms with Crippen LogP contribution in [0.15, 0.2) is 41.3 Å². The first-order valence-electron chi connectivity index (χ1n) is 7.17. The van der Waals surface area contributed by atoms with Gasteiger partial charge in [-0.25, -0.2) is 12.8 Å². The fourth-order valence-corrected chi connectivity index (χ4v) is 3.41. The first-order chi connectivity index (χ1) is 11.3. The Bertz CT molecular complexity index is 928. The van der Waals surface area contributed by atoms with E-state index in [1.807, 2.05) is 0 Å². The van der Waals surface area contributed by atoms with Crippen LogP contribution in [0.2, 0.25) is 0 Å². The number of anilines is 2. The van der Waals surface area contributed by atoms with Gasteiger partial charge in [-0.15, -0.1) is 0 Å². The molecule has 1 amide bonds. The summed E-state index contributed by atoms with van der Waals surface area (Å²) in [5.74, 6) is -0.507. The standard InChI is InChI=1S/C16H15FN2O4S/c1-9-3-4-11(17)7-13(9)19-24(21,22)12-5-6-15-14(8-12)18-16(20)10(2)23-15/h3-8,10,19H,1-2H3,(H,18,20)/t10-/m0/s1. The molecule has 0 spiro atoms. The van der Waals surface area contributed by atoms with Crippen molar-refractivity contribution >= 4 is 27.3 Å². The SMILES string of the molecule is Cc1ccc(F)cc1NS(=O)(=O)c1ccc2c(c1)NC(=O)[C@H](C)O2. The highest BCUT2D eigenvalue weighted by atomic mass is 32.2. The van der Waals surface area contributed by atoms with E-state index < -0.39 is 21.9 Å². The smallest absolute Gasteiger partial charge is 0.265 e. The second-order valence-electron chi connectivity index (χ2n) is 5.47. The molecule has 126 valence electrons. The molecule has 0 aromatic heterocycles. The molecule has 1 aliphatic heterocycles. The van der Waals surface area contributed by atoms with Gasteiger partial charge in [0.05, 0.1) is 16.3 Å². The van der Waals surface area contributed by atoms with Crippen LogP contribution < -0.4 is 14.8 Å². The molecule has 0 bridgehead atoms. The molecule has 0 fully saturated rings. The molecule has 0 radical (unpaired) electrons. The van der Waals surface area contributed by atoms with Crippen LogP contribution in [-0.2, 0) is 14.8 Å². The quantitative estimate of drug-likeness (QED) is 0.891. The molecule has 6 nitrogen and oxygen atoms in total. The molecule has 24 heavy (non-hydrogen) atoms. The minimum atomic E-state index is -3.94. The number of amides is 1. The molecule has 2 aromatic carbocycles. The predicted octanol–water partition coefficient (Wildman–Crippen LogP) is 2.65. The Balaban J connectivity index is 1.95. The average Bonchev–Trinajstić information content (AvgIpc) is 2.51. The van der Waals surface area contributed by atoms with Crippen LogP contribution >= 0.6 is 0 Å². The number of hydrogen-bond donors (Lipinski definition) is 2. The van der Waals surface area contributed by atoms with Crippen LogP contribution in [0, 0.1) is 12.7 Å². The van der Waals surface area contributed by atoms with Gasteiger partial charge in [-0.05, 0) is 49.7 Å². The number of halogens is 1. The van der Waals surface area contributed by atoms with Crippen molar-refractivity contribution in [1.29, 1.82) is 0 Å². The fourth-order valence-electron chi connectivity index (χ4n) is 2.26. The zero-order valence-corrected chi connectivity index (χ0v) is 13.8. The molecule has 0 saturated carbocycles. The van der Waals surface area contributed by atoms with Crippen LogP contribution in [-0.4, -0.2) is 20.4 Å². The van der Waals surface area contributed by atoms with Crippen molar-refractivity contribution in [3.8, 4) is 5.75 Å². The summed E-state index contributed by atoms with van der Waals surface area (Å²) in [5, 5.41) is 2.59. The summed E-state index contributed by atoms with van der Waals surface area (Å²) >= 11 is 0. The number of carbonyl (C=O) groups is 1. The third-order valence-electron chi connectivity index (χ3n) is 3.64. The molecule has 2 N–H and O–H groups in total. The molecular formula is C16H15FN2O4S. The van der Waals surface area contributed by atoms with Crippen LogP contribution in [0.25, 0.3) is 0 Å². The van der Waals surface area contributed by atoms with E-state index in [1.54, 1.807) is 13.8 Å². The van der Waals surface area contributed by atoms with Crippen LogP contribution in [0.4, 0.5) is 15.8 Å². The Kier molecular flexibility index (Phi) is 3.92. The maximum Gasteiger partial charge on any atom is 0.265 e. The highest BCUT2D eigenvalue weighted by Gasteiger charge is 2.25. The van der Waals surface area contributed by atoms with E-state index in [-0.39, 0.29) is 22.2 Å². The second kappa shape index (κ2) is 5.79. The Morgan fingerprint density at radius 2 is 1.96 bits per heavy atom. The molecule has 0 aliphatic carbocycles. The van der Waals surface area contributed by atoms with Gasteiger partial charge in [0.2, 0.25) is 0 Å². The van der Waals surface area contributed by atoms with Crippen molar-refractivity contribution in [3.63, 3.8) is 0 Å². The first-order valence-corrected chi connectivity index (χ1v) is 8.65. The Labute approximate surface area is 138 Å². The first kappa shape index (κ1) is 16.3. The molecule has 1 aliphatic rings. The van der Waals surface area contributed by atoms with Gasteiger partial charge in [-0.3, -0.25) is 9.52 Å². The predicted molar refractivity (Wildman–Crippen MR) is 87.1 cm³/mol. The normalized spacial score (nSPS) is 16.8. The summed E-state index contributed by atoms with van der Waals surface area (Å²) in [4.78, 5) is 11.6. The maximum atomic E-state index is 13.3. The summed E-state index contributed by atoms with van der Waals surface area (Å²) in [5.41, 5.74) is 1.02. The summed E-state index contributed by atoms with van der Waals surface area (Å²) in [6, 6.07) is 7.97. The van der Waals surface area contributed by atoms with Crippen molar-refractivity contribution in [3.05, 3.63) is 47.8 Å². The topological polar surface area (TPSA) is 84.5 Å². The van der Waals surface area contributed by atoms with Crippen LogP contribution in [0.3, 0.4) is 0 Å². The third-order valence-corrected chi connectivity index (χ3v) is 5.00. The highest BCUT2D eigenvalue weighted by molar-refractivity contribution is 7.92. The molecule has 1 atom stereocenters. The van der Waals surface area contributed by atoms with Gasteiger partial charge in [-0.2, -0.15) is 0 Å². The van der Waals surface area contributed by atoms with Gasteiger partial charge in [-0.1, -0.05) is 6.07 Å². The molecule has 1 heterocycles. The second-order valence-corrected chi connectivity index (χ2v) is 7.15. The Morgan fingerprint density at radius 1 is 1.21 bits per heavy atom. The lowest BCUT2D eigenvalue weighted by Gasteiger charge is -2.23. The van der Waals surface area contributed by atoms with Crippen LogP contribution in [0.5, 0.6) is 5.75 Å². The maximum absolute atomic E-state index is 13.3. The lowest BCUT2D eigenvalue weighted by atomic mass is 10.2. The molecular weight excluding hydrogens is 335 g/mol. The van der Waals surface area contributed by atoms with E-state index in [4.69, 9.17) is 4.74 Å². The van der Waals surface area contributed by atoms with Crippen molar-refractivity contribution in [2.75, 3.05) is 10.0 Å². The summed E-state index contributed by atoms with van der Waals surface area (Å²) in [6.07, 6.45) is -0.645. The third kappa shape index (κ3) is 3.05. The van der Waals surface area contributed by atoms with Crippen molar-refractivity contribution in [2.45, 2.75) is 24.8 Å². The minimum Gasteiger partial charge on any atom is -0.479 e. The van der Waals surface area contributed by atoms with Gasteiger partial charge in [0, 0.05) is 0 Å². The van der Waals surface area contributed by atoms with E-state index in [0.29, 0.717) is 11.3 Å². The monoisotopic (exact) mass is 350 g/mol. The van der Waals surface area contributed by atoms with E-state index in [2.05, 4.69) is 10.0 Å². The zero-order valence-electron chi connectivity index (χ0n) is 13.0. The van der Waals surface area contributed by atoms with Gasteiger partial charge in [0.1, 0.15) is 11.6 Å². The number of carbonyl (C=O) groups excluding carboxylic acids is 1. The van der Waals surface area contributed by atoms with E-state index in [9.17, 15) is 17.6 Å². The zero-order chi connectivity index (χ0) is 17.5. The van der Waals surface area contributed by atoms with Crippen molar-refractivity contribution < 1.29 is 22.3 Å². The number of benzene rings is 2. The van der Waals surface area contributed by atoms with E-state index >= 15 is 0 Å².